The van der Waals surface area contributed by atoms with E-state index in [1.807, 2.05) is 44.2 Å². The van der Waals surface area contributed by atoms with Crippen LogP contribution in [0.25, 0.3) is 10.9 Å². The maximum Gasteiger partial charge on any atom is 0.293 e. The molecule has 2 aromatic heterocycles. The number of hydrogen-bond acceptors (Lipinski definition) is 13. The van der Waals surface area contributed by atoms with Gasteiger partial charge in [0.25, 0.3) is 17.4 Å². The lowest BCUT2D eigenvalue weighted by Crippen LogP contribution is -2.55. The van der Waals surface area contributed by atoms with E-state index in [0.29, 0.717) is 47.4 Å². The van der Waals surface area contributed by atoms with Crippen molar-refractivity contribution in [3.63, 3.8) is 0 Å². The van der Waals surface area contributed by atoms with Gasteiger partial charge in [-0.05, 0) is 94.0 Å². The molecule has 4 amide bonds. The lowest BCUT2D eigenvalue weighted by Gasteiger charge is -2.45. The summed E-state index contributed by atoms with van der Waals surface area (Å²) in [5, 5.41) is 9.41. The van der Waals surface area contributed by atoms with Crippen LogP contribution in [0.2, 0.25) is 5.02 Å². The van der Waals surface area contributed by atoms with Gasteiger partial charge in [0.15, 0.2) is 18.2 Å². The van der Waals surface area contributed by atoms with Crippen LogP contribution in [-0.2, 0) is 20.9 Å². The van der Waals surface area contributed by atoms with Crippen LogP contribution >= 0.6 is 11.6 Å². The first-order chi connectivity index (χ1) is 30.4. The second-order valence-corrected chi connectivity index (χ2v) is 17.9. The summed E-state index contributed by atoms with van der Waals surface area (Å²) in [6.07, 6.45) is 6.42. The average Bonchev–Trinajstić information content (AvgIpc) is 3.91. The highest BCUT2D eigenvalue weighted by atomic mass is 35.5. The van der Waals surface area contributed by atoms with Gasteiger partial charge in [0.05, 0.1) is 18.4 Å². The first-order valence-electron chi connectivity index (χ1n) is 22.0. The number of amides is 4. The van der Waals surface area contributed by atoms with Gasteiger partial charge >= 0.3 is 0 Å². The van der Waals surface area contributed by atoms with Crippen LogP contribution in [0.15, 0.2) is 53.5 Å². The molecule has 2 atom stereocenters. The number of aromatic nitrogens is 3. The number of piperidine rings is 2. The molecule has 18 heteroatoms. The highest BCUT2D eigenvalue weighted by Crippen LogP contribution is 2.34. The Morgan fingerprint density at radius 3 is 2.46 bits per heavy atom. The van der Waals surface area contributed by atoms with Crippen molar-refractivity contribution in [1.29, 1.82) is 0 Å². The Labute approximate surface area is 370 Å². The van der Waals surface area contributed by atoms with E-state index in [-0.39, 0.29) is 54.0 Å². The topological polar surface area (TPSA) is 178 Å². The van der Waals surface area contributed by atoms with Crippen molar-refractivity contribution in [2.45, 2.75) is 83.1 Å². The van der Waals surface area contributed by atoms with E-state index in [2.05, 4.69) is 46.6 Å². The summed E-state index contributed by atoms with van der Waals surface area (Å²) in [6.45, 7) is 10.6. The number of benzene rings is 2. The smallest absolute Gasteiger partial charge is 0.293 e. The predicted molar refractivity (Wildman–Crippen MR) is 240 cm³/mol. The number of halogens is 1. The van der Waals surface area contributed by atoms with E-state index >= 15 is 0 Å². The van der Waals surface area contributed by atoms with Crippen molar-refractivity contribution >= 4 is 69.3 Å². The zero-order chi connectivity index (χ0) is 43.9. The van der Waals surface area contributed by atoms with Crippen LogP contribution in [0.5, 0.6) is 5.75 Å². The van der Waals surface area contributed by atoms with Gasteiger partial charge in [0.2, 0.25) is 17.8 Å². The van der Waals surface area contributed by atoms with Crippen molar-refractivity contribution in [2.75, 3.05) is 74.7 Å². The first kappa shape index (κ1) is 42.5. The minimum absolute atomic E-state index is 0.0974. The molecule has 0 radical (unpaired) electrons. The van der Waals surface area contributed by atoms with E-state index in [9.17, 15) is 24.0 Å². The van der Waals surface area contributed by atoms with Gasteiger partial charge < -0.3 is 34.6 Å². The maximum absolute atomic E-state index is 13.3. The fraction of sp³-hybridized carbons (Fsp3) is 0.489. The Kier molecular flexibility index (Phi) is 12.0. The summed E-state index contributed by atoms with van der Waals surface area (Å²) < 4.78 is 7.29. The van der Waals surface area contributed by atoms with E-state index < -0.39 is 6.04 Å². The average molecular weight is 880 g/mol. The summed E-state index contributed by atoms with van der Waals surface area (Å²) >= 11 is 6.65. The molecule has 4 aromatic rings. The van der Waals surface area contributed by atoms with Crippen LogP contribution in [0.4, 0.5) is 23.1 Å². The Balaban J connectivity index is 0.801. The molecule has 9 rings (SSSR count). The standard InChI is InChI=1S/C45H54ClN11O6/c1-27(2)57-36-8-5-30(19-28(36)21-38(44(57)62)63-25-40(59)47-3)49-41-35(46)22-48-45(51-41)52-16-11-31(12-17-52)54-14-4-15-55(26-54)33-13-18-53(24-33)32-6-7-34-29(20-32)23-56(43(34)61)37-9-10-39(58)50-42(37)60/h5-8,19-22,27,31,33,37H,4,9-18,23-26H2,1-3H3,(H,47,59)(H,48,49,51)(H,50,58,60). The number of ether oxygens (including phenoxy) is 1. The molecule has 63 heavy (non-hydrogen) atoms. The summed E-state index contributed by atoms with van der Waals surface area (Å²) in [6, 6.07) is 13.5. The van der Waals surface area contributed by atoms with Crippen LogP contribution in [0.3, 0.4) is 0 Å². The second-order valence-electron chi connectivity index (χ2n) is 17.5. The van der Waals surface area contributed by atoms with Gasteiger partial charge in [-0.3, -0.25) is 39.1 Å². The number of anilines is 4. The summed E-state index contributed by atoms with van der Waals surface area (Å²) in [5.41, 5.74) is 3.84. The molecule has 5 aliphatic rings. The third-order valence-electron chi connectivity index (χ3n) is 13.2. The number of rotatable bonds is 11. The van der Waals surface area contributed by atoms with Crippen LogP contribution < -0.4 is 36.0 Å². The number of likely N-dealkylation sites (N-methyl/N-ethyl adjacent to an activating group) is 1. The molecular weight excluding hydrogens is 826 g/mol. The van der Waals surface area contributed by atoms with Crippen molar-refractivity contribution in [3.8, 4) is 5.75 Å². The number of pyridine rings is 1. The summed E-state index contributed by atoms with van der Waals surface area (Å²) in [7, 11) is 1.52. The maximum atomic E-state index is 13.3. The molecule has 2 aromatic carbocycles. The number of carbonyl (C=O) groups is 4. The third-order valence-corrected chi connectivity index (χ3v) is 13.5. The molecule has 0 aliphatic carbocycles. The second kappa shape index (κ2) is 17.8. The van der Waals surface area contributed by atoms with Gasteiger partial charge in [-0.1, -0.05) is 11.6 Å². The minimum atomic E-state index is -0.615. The lowest BCUT2D eigenvalue weighted by molar-refractivity contribution is -0.137. The Morgan fingerprint density at radius 1 is 0.937 bits per heavy atom. The molecule has 4 saturated heterocycles. The molecule has 5 aliphatic heterocycles. The Morgan fingerprint density at radius 2 is 1.70 bits per heavy atom. The monoisotopic (exact) mass is 879 g/mol. The molecule has 0 spiro atoms. The number of fused-ring (bicyclic) bond motifs is 2. The van der Waals surface area contributed by atoms with Crippen molar-refractivity contribution in [1.82, 2.24) is 39.9 Å². The molecule has 2 unspecified atom stereocenters. The molecular formula is C45H54ClN11O6. The van der Waals surface area contributed by atoms with Gasteiger partial charge in [0, 0.05) is 99.7 Å². The quantitative estimate of drug-likeness (QED) is 0.185. The fourth-order valence-corrected chi connectivity index (χ4v) is 10.0. The molecule has 332 valence electrons. The zero-order valence-corrected chi connectivity index (χ0v) is 36.7. The van der Waals surface area contributed by atoms with Gasteiger partial charge in [0.1, 0.15) is 11.1 Å². The molecule has 7 heterocycles. The lowest BCUT2D eigenvalue weighted by atomic mass is 10.0. The highest BCUT2D eigenvalue weighted by molar-refractivity contribution is 6.33. The van der Waals surface area contributed by atoms with E-state index in [4.69, 9.17) is 21.3 Å². The van der Waals surface area contributed by atoms with Gasteiger partial charge in [-0.15, -0.1) is 0 Å². The van der Waals surface area contributed by atoms with Crippen molar-refractivity contribution in [2.24, 2.45) is 0 Å². The predicted octanol–water partition coefficient (Wildman–Crippen LogP) is 3.87. The Bertz CT molecular complexity index is 2510. The number of nitrogens with zero attached hydrogens (tertiary/aromatic N) is 8. The third kappa shape index (κ3) is 8.65. The molecule has 3 N–H and O–H groups in total. The van der Waals surface area contributed by atoms with E-state index in [0.717, 1.165) is 99.5 Å². The number of hydrogen-bond donors (Lipinski definition) is 3. The molecule has 0 saturated carbocycles. The van der Waals surface area contributed by atoms with Crippen molar-refractivity contribution < 1.29 is 23.9 Å². The Hall–Kier alpha value is -5.78. The zero-order valence-electron chi connectivity index (χ0n) is 35.9. The molecule has 0 bridgehead atoms. The fourth-order valence-electron chi connectivity index (χ4n) is 9.88. The van der Waals surface area contributed by atoms with Gasteiger partial charge in [-0.2, -0.15) is 4.98 Å². The van der Waals surface area contributed by atoms with Crippen molar-refractivity contribution in [3.05, 3.63) is 75.2 Å². The normalized spacial score (nSPS) is 21.3. The highest BCUT2D eigenvalue weighted by Gasteiger charge is 2.40. The number of nitrogens with one attached hydrogen (secondary N) is 3. The molecule has 4 fully saturated rings. The van der Waals surface area contributed by atoms with E-state index in [1.54, 1.807) is 21.7 Å². The van der Waals surface area contributed by atoms with Gasteiger partial charge in [-0.25, -0.2) is 4.98 Å². The number of carbonyl (C=O) groups excluding carboxylic acids is 4. The van der Waals surface area contributed by atoms with Crippen LogP contribution in [0.1, 0.15) is 74.3 Å². The minimum Gasteiger partial charge on any atom is -0.478 e. The summed E-state index contributed by atoms with van der Waals surface area (Å²) in [4.78, 5) is 83.7. The van der Waals surface area contributed by atoms with E-state index in [1.165, 1.54) is 7.05 Å². The van der Waals surface area contributed by atoms with Crippen LogP contribution in [-0.4, -0.2) is 131 Å². The van der Waals surface area contributed by atoms with Crippen LogP contribution in [0, 0.1) is 0 Å². The SMILES string of the molecule is CNC(=O)COc1cc2cc(Nc3nc(N4CCC(N5CCCN(C6CCN(c7ccc8c(c7)CN(C7CCC(=O)NC7=O)C8=O)C6)C5)CC4)ncc3Cl)ccc2n(C(C)C)c1=O. The first-order valence-corrected chi connectivity index (χ1v) is 22.4. The summed E-state index contributed by atoms with van der Waals surface area (Å²) in [5.74, 6) is 0.0496. The largest absolute Gasteiger partial charge is 0.478 e. The number of imide groups is 1. The molecule has 17 nitrogen and oxygen atoms in total.